The summed E-state index contributed by atoms with van der Waals surface area (Å²) in [4.78, 5) is 0. The lowest BCUT2D eigenvalue weighted by Crippen LogP contribution is -2.21. The zero-order valence-corrected chi connectivity index (χ0v) is 10.2. The Labute approximate surface area is 100.0 Å². The largest absolute Gasteiger partial charge is 0.390 e. The molecular weight excluding hydrogens is 231 g/mol. The Balaban J connectivity index is 2.59. The van der Waals surface area contributed by atoms with E-state index in [0.717, 1.165) is 0 Å². The highest BCUT2D eigenvalue weighted by molar-refractivity contribution is 6.31. The van der Waals surface area contributed by atoms with E-state index in [2.05, 4.69) is 0 Å². The Bertz CT molecular complexity index is 322. The molecule has 1 unspecified atom stereocenters. The topological polar surface area (TPSA) is 29.5 Å². The number of aliphatic hydroxyl groups excluding tert-OH is 1. The van der Waals surface area contributed by atoms with Gasteiger partial charge in [0.25, 0.3) is 0 Å². The van der Waals surface area contributed by atoms with Crippen LogP contribution in [0.1, 0.15) is 19.4 Å². The van der Waals surface area contributed by atoms with Crippen molar-refractivity contribution in [2.75, 3.05) is 6.61 Å². The third-order valence-electron chi connectivity index (χ3n) is 2.12. The standard InChI is InChI=1S/C12H16ClFO2/c1-8(2)16-7-9(15)6-10-11(13)4-3-5-12(10)14/h3-5,8-9,15H,6-7H2,1-2H3. The minimum Gasteiger partial charge on any atom is -0.390 e. The van der Waals surface area contributed by atoms with Gasteiger partial charge in [0.05, 0.1) is 18.8 Å². The molecule has 1 N–H and O–H groups in total. The third-order valence-corrected chi connectivity index (χ3v) is 2.48. The fraction of sp³-hybridized carbons (Fsp3) is 0.500. The van der Waals surface area contributed by atoms with Crippen LogP contribution in [0.25, 0.3) is 0 Å². The van der Waals surface area contributed by atoms with Crippen LogP contribution in [0.15, 0.2) is 18.2 Å². The summed E-state index contributed by atoms with van der Waals surface area (Å²) in [5.74, 6) is -0.393. The van der Waals surface area contributed by atoms with Gasteiger partial charge in [-0.25, -0.2) is 4.39 Å². The van der Waals surface area contributed by atoms with Gasteiger partial charge in [0, 0.05) is 17.0 Å². The van der Waals surface area contributed by atoms with Crippen LogP contribution in [-0.2, 0) is 11.2 Å². The van der Waals surface area contributed by atoms with Crippen LogP contribution in [-0.4, -0.2) is 23.9 Å². The molecule has 0 radical (unpaired) electrons. The number of hydrogen-bond donors (Lipinski definition) is 1. The zero-order valence-electron chi connectivity index (χ0n) is 9.41. The Morgan fingerprint density at radius 1 is 1.44 bits per heavy atom. The predicted octanol–water partition coefficient (Wildman–Crippen LogP) is 2.81. The van der Waals surface area contributed by atoms with Crippen molar-refractivity contribution in [1.29, 1.82) is 0 Å². The first-order chi connectivity index (χ1) is 7.50. The molecule has 4 heteroatoms. The van der Waals surface area contributed by atoms with Crippen molar-refractivity contribution in [3.63, 3.8) is 0 Å². The molecule has 0 aromatic heterocycles. The van der Waals surface area contributed by atoms with Crippen LogP contribution >= 0.6 is 11.6 Å². The Hall–Kier alpha value is -0.640. The molecule has 0 amide bonds. The van der Waals surface area contributed by atoms with Gasteiger partial charge in [-0.05, 0) is 26.0 Å². The maximum atomic E-state index is 13.4. The number of halogens is 2. The van der Waals surface area contributed by atoms with Crippen molar-refractivity contribution in [3.05, 3.63) is 34.6 Å². The molecule has 0 saturated heterocycles. The Kier molecular flexibility index (Phi) is 5.19. The van der Waals surface area contributed by atoms with Crippen LogP contribution in [0.3, 0.4) is 0 Å². The van der Waals surface area contributed by atoms with E-state index in [1.54, 1.807) is 6.07 Å². The summed E-state index contributed by atoms with van der Waals surface area (Å²) in [6.07, 6.45) is -0.527. The highest BCUT2D eigenvalue weighted by atomic mass is 35.5. The number of ether oxygens (including phenoxy) is 1. The number of aliphatic hydroxyl groups is 1. The SMILES string of the molecule is CC(C)OCC(O)Cc1c(F)cccc1Cl. The molecule has 0 aliphatic heterocycles. The lowest BCUT2D eigenvalue weighted by Gasteiger charge is -2.14. The van der Waals surface area contributed by atoms with Crippen LogP contribution in [0.5, 0.6) is 0 Å². The molecule has 90 valence electrons. The summed E-state index contributed by atoms with van der Waals surface area (Å²) in [6, 6.07) is 4.48. The molecular formula is C12H16ClFO2. The van der Waals surface area contributed by atoms with Crippen molar-refractivity contribution in [2.24, 2.45) is 0 Å². The third kappa shape index (κ3) is 4.08. The van der Waals surface area contributed by atoms with Gasteiger partial charge in [-0.1, -0.05) is 17.7 Å². The summed E-state index contributed by atoms with van der Waals surface area (Å²) < 4.78 is 18.6. The van der Waals surface area contributed by atoms with Crippen molar-refractivity contribution >= 4 is 11.6 Å². The van der Waals surface area contributed by atoms with Gasteiger partial charge in [0.2, 0.25) is 0 Å². The Morgan fingerprint density at radius 2 is 2.12 bits per heavy atom. The molecule has 2 nitrogen and oxygen atoms in total. The van der Waals surface area contributed by atoms with Crippen molar-refractivity contribution in [2.45, 2.75) is 32.5 Å². The molecule has 0 aliphatic carbocycles. The molecule has 16 heavy (non-hydrogen) atoms. The molecule has 1 aromatic carbocycles. The molecule has 0 heterocycles. The summed E-state index contributed by atoms with van der Waals surface area (Å²) in [6.45, 7) is 3.94. The van der Waals surface area contributed by atoms with E-state index >= 15 is 0 Å². The number of benzene rings is 1. The minimum absolute atomic E-state index is 0.0470. The minimum atomic E-state index is -0.739. The number of rotatable bonds is 5. The monoisotopic (exact) mass is 246 g/mol. The van der Waals surface area contributed by atoms with Crippen LogP contribution < -0.4 is 0 Å². The van der Waals surface area contributed by atoms with Gasteiger partial charge in [-0.15, -0.1) is 0 Å². The van der Waals surface area contributed by atoms with E-state index < -0.39 is 11.9 Å². The first kappa shape index (κ1) is 13.4. The van der Waals surface area contributed by atoms with E-state index in [1.807, 2.05) is 13.8 Å². The van der Waals surface area contributed by atoms with Crippen molar-refractivity contribution in [3.8, 4) is 0 Å². The van der Waals surface area contributed by atoms with Gasteiger partial charge in [-0.3, -0.25) is 0 Å². The maximum Gasteiger partial charge on any atom is 0.127 e. The second kappa shape index (κ2) is 6.18. The molecule has 0 fully saturated rings. The fourth-order valence-electron chi connectivity index (χ4n) is 1.33. The summed E-state index contributed by atoms with van der Waals surface area (Å²) >= 11 is 5.84. The van der Waals surface area contributed by atoms with Gasteiger partial charge < -0.3 is 9.84 Å². The molecule has 1 aromatic rings. The van der Waals surface area contributed by atoms with Gasteiger partial charge in [0.15, 0.2) is 0 Å². The molecule has 0 saturated carbocycles. The maximum absolute atomic E-state index is 13.4. The van der Waals surface area contributed by atoms with Gasteiger partial charge >= 0.3 is 0 Å². The number of hydrogen-bond acceptors (Lipinski definition) is 2. The smallest absolute Gasteiger partial charge is 0.127 e. The van der Waals surface area contributed by atoms with Crippen LogP contribution in [0.4, 0.5) is 4.39 Å². The highest BCUT2D eigenvalue weighted by Crippen LogP contribution is 2.20. The summed E-state index contributed by atoms with van der Waals surface area (Å²) in [5.41, 5.74) is 0.337. The fourth-order valence-corrected chi connectivity index (χ4v) is 1.57. The van der Waals surface area contributed by atoms with Crippen LogP contribution in [0.2, 0.25) is 5.02 Å². The van der Waals surface area contributed by atoms with E-state index in [9.17, 15) is 9.50 Å². The lowest BCUT2D eigenvalue weighted by atomic mass is 10.1. The van der Waals surface area contributed by atoms with E-state index in [-0.39, 0.29) is 19.1 Å². The van der Waals surface area contributed by atoms with E-state index in [1.165, 1.54) is 12.1 Å². The van der Waals surface area contributed by atoms with E-state index in [4.69, 9.17) is 16.3 Å². The molecule has 1 atom stereocenters. The zero-order chi connectivity index (χ0) is 12.1. The molecule has 0 bridgehead atoms. The highest BCUT2D eigenvalue weighted by Gasteiger charge is 2.13. The van der Waals surface area contributed by atoms with Crippen LogP contribution in [0, 0.1) is 5.82 Å². The average Bonchev–Trinajstić information content (AvgIpc) is 2.21. The normalized spacial score (nSPS) is 13.1. The predicted molar refractivity (Wildman–Crippen MR) is 62.2 cm³/mol. The molecule has 1 rings (SSSR count). The van der Waals surface area contributed by atoms with Gasteiger partial charge in [-0.2, -0.15) is 0 Å². The molecule has 0 aliphatic rings. The second-order valence-electron chi connectivity index (χ2n) is 3.94. The summed E-state index contributed by atoms with van der Waals surface area (Å²) in [5, 5.41) is 9.99. The average molecular weight is 247 g/mol. The molecule has 0 spiro atoms. The van der Waals surface area contributed by atoms with Crippen molar-refractivity contribution in [1.82, 2.24) is 0 Å². The second-order valence-corrected chi connectivity index (χ2v) is 4.35. The first-order valence-corrected chi connectivity index (χ1v) is 5.61. The van der Waals surface area contributed by atoms with Crippen molar-refractivity contribution < 1.29 is 14.2 Å². The lowest BCUT2D eigenvalue weighted by molar-refractivity contribution is 0.00594. The quantitative estimate of drug-likeness (QED) is 0.866. The van der Waals surface area contributed by atoms with E-state index in [0.29, 0.717) is 10.6 Å². The van der Waals surface area contributed by atoms with Gasteiger partial charge in [0.1, 0.15) is 5.82 Å². The first-order valence-electron chi connectivity index (χ1n) is 5.23. The summed E-state index contributed by atoms with van der Waals surface area (Å²) in [7, 11) is 0. The Morgan fingerprint density at radius 3 is 2.69 bits per heavy atom.